The van der Waals surface area contributed by atoms with Crippen molar-refractivity contribution < 1.29 is 29.0 Å². The number of likely N-dealkylation sites (N-methyl/N-ethyl adjacent to an activating group) is 1. The molecule has 180 valence electrons. The van der Waals surface area contributed by atoms with E-state index < -0.39 is 12.1 Å². The minimum Gasteiger partial charge on any atom is -0.480 e. The third-order valence-corrected chi connectivity index (χ3v) is 6.62. The summed E-state index contributed by atoms with van der Waals surface area (Å²) in [4.78, 5) is 37.6. The van der Waals surface area contributed by atoms with Crippen molar-refractivity contribution >= 4 is 18.0 Å². The molecule has 2 N–H and O–H groups in total. The third-order valence-electron chi connectivity index (χ3n) is 6.62. The number of hydrogen-bond acceptors (Lipinski definition) is 5. The molecule has 8 heteroatoms. The number of carbonyl (C=O) groups excluding carboxylic acids is 2. The first-order chi connectivity index (χ1) is 16.5. The van der Waals surface area contributed by atoms with Crippen LogP contribution < -0.4 is 5.32 Å². The largest absolute Gasteiger partial charge is 0.480 e. The lowest BCUT2D eigenvalue weighted by molar-refractivity contribution is -0.145. The molecule has 1 aliphatic carbocycles. The molecule has 8 nitrogen and oxygen atoms in total. The van der Waals surface area contributed by atoms with Crippen LogP contribution in [-0.2, 0) is 19.1 Å². The highest BCUT2D eigenvalue weighted by molar-refractivity contribution is 5.82. The standard InChI is InChI=1S/C26H30N2O6/c1-2-28(14-25(30)31)24(29)13-17-15-33-12-11-23(17)27-26(32)34-16-22-20-9-5-3-7-18(20)19-8-4-6-10-21(19)22/h3-10,17,22-23H,2,11-16H2,1H3,(H,27,32)(H,30,31). The summed E-state index contributed by atoms with van der Waals surface area (Å²) < 4.78 is 11.2. The van der Waals surface area contributed by atoms with Crippen molar-refractivity contribution in [3.8, 4) is 11.1 Å². The minimum atomic E-state index is -1.05. The zero-order valence-corrected chi connectivity index (χ0v) is 19.2. The van der Waals surface area contributed by atoms with Crippen LogP contribution >= 0.6 is 0 Å². The normalized spacial score (nSPS) is 19.1. The van der Waals surface area contributed by atoms with Crippen molar-refractivity contribution in [3.63, 3.8) is 0 Å². The van der Waals surface area contributed by atoms with E-state index in [-0.39, 0.29) is 43.4 Å². The number of nitrogens with one attached hydrogen (secondary N) is 1. The molecule has 0 radical (unpaired) electrons. The van der Waals surface area contributed by atoms with Crippen molar-refractivity contribution in [2.45, 2.75) is 31.7 Å². The van der Waals surface area contributed by atoms with E-state index in [1.165, 1.54) is 4.90 Å². The maximum absolute atomic E-state index is 12.7. The average molecular weight is 467 g/mol. The molecule has 0 saturated carbocycles. The lowest BCUT2D eigenvalue weighted by Crippen LogP contribution is -2.48. The van der Waals surface area contributed by atoms with Crippen LogP contribution in [0.25, 0.3) is 11.1 Å². The summed E-state index contributed by atoms with van der Waals surface area (Å²) in [6.07, 6.45) is 0.145. The fourth-order valence-corrected chi connectivity index (χ4v) is 4.87. The molecule has 2 aromatic rings. The van der Waals surface area contributed by atoms with Crippen LogP contribution in [0.15, 0.2) is 48.5 Å². The Morgan fingerprint density at radius 2 is 1.74 bits per heavy atom. The monoisotopic (exact) mass is 466 g/mol. The summed E-state index contributed by atoms with van der Waals surface area (Å²) in [5, 5.41) is 11.9. The van der Waals surface area contributed by atoms with Gasteiger partial charge in [0.2, 0.25) is 5.91 Å². The molecule has 1 fully saturated rings. The van der Waals surface area contributed by atoms with Gasteiger partial charge >= 0.3 is 12.1 Å². The summed E-state index contributed by atoms with van der Waals surface area (Å²) in [6, 6.07) is 16.0. The van der Waals surface area contributed by atoms with E-state index in [2.05, 4.69) is 29.6 Å². The van der Waals surface area contributed by atoms with Gasteiger partial charge in [-0.05, 0) is 35.6 Å². The molecule has 2 atom stereocenters. The van der Waals surface area contributed by atoms with Gasteiger partial charge in [-0.1, -0.05) is 48.5 Å². The number of rotatable bonds is 8. The average Bonchev–Trinajstić information content (AvgIpc) is 3.16. The van der Waals surface area contributed by atoms with Gasteiger partial charge in [0.1, 0.15) is 13.2 Å². The number of alkyl carbamates (subject to hydrolysis) is 1. The minimum absolute atomic E-state index is 0.0284. The molecule has 1 heterocycles. The molecular weight excluding hydrogens is 436 g/mol. The van der Waals surface area contributed by atoms with Gasteiger partial charge in [0.15, 0.2) is 0 Å². The topological polar surface area (TPSA) is 105 Å². The zero-order valence-electron chi connectivity index (χ0n) is 19.2. The second-order valence-corrected chi connectivity index (χ2v) is 8.71. The van der Waals surface area contributed by atoms with E-state index in [4.69, 9.17) is 14.6 Å². The third kappa shape index (κ3) is 5.22. The number of carboxylic acid groups (broad SMARTS) is 1. The van der Waals surface area contributed by atoms with E-state index >= 15 is 0 Å². The molecule has 2 aromatic carbocycles. The molecule has 1 saturated heterocycles. The molecule has 2 unspecified atom stereocenters. The highest BCUT2D eigenvalue weighted by atomic mass is 16.5. The van der Waals surface area contributed by atoms with Gasteiger partial charge in [0.25, 0.3) is 0 Å². The van der Waals surface area contributed by atoms with Crippen LogP contribution in [0.3, 0.4) is 0 Å². The zero-order chi connectivity index (χ0) is 24.1. The van der Waals surface area contributed by atoms with Gasteiger partial charge in [-0.2, -0.15) is 0 Å². The Morgan fingerprint density at radius 3 is 2.35 bits per heavy atom. The van der Waals surface area contributed by atoms with Crippen LogP contribution in [0.1, 0.15) is 36.8 Å². The Balaban J connectivity index is 1.36. The smallest absolute Gasteiger partial charge is 0.407 e. The number of fused-ring (bicyclic) bond motifs is 3. The first-order valence-electron chi connectivity index (χ1n) is 11.7. The first-order valence-corrected chi connectivity index (χ1v) is 11.7. The van der Waals surface area contributed by atoms with Crippen LogP contribution in [-0.4, -0.2) is 66.9 Å². The number of carbonyl (C=O) groups is 3. The Labute approximate surface area is 198 Å². The maximum atomic E-state index is 12.7. The van der Waals surface area contributed by atoms with Gasteiger partial charge in [0.05, 0.1) is 6.61 Å². The van der Waals surface area contributed by atoms with E-state index in [1.807, 2.05) is 24.3 Å². The molecule has 0 bridgehead atoms. The fraction of sp³-hybridized carbons (Fsp3) is 0.423. The highest BCUT2D eigenvalue weighted by Crippen LogP contribution is 2.44. The molecule has 1 aliphatic heterocycles. The Kier molecular flexibility index (Phi) is 7.47. The molecule has 2 aliphatic rings. The van der Waals surface area contributed by atoms with Gasteiger partial charge in [-0.25, -0.2) is 4.79 Å². The molecule has 0 spiro atoms. The molecular formula is C26H30N2O6. The number of nitrogens with zero attached hydrogens (tertiary/aromatic N) is 1. The quantitative estimate of drug-likeness (QED) is 0.619. The number of benzene rings is 2. The second kappa shape index (κ2) is 10.7. The van der Waals surface area contributed by atoms with Crippen molar-refractivity contribution in [2.24, 2.45) is 5.92 Å². The summed E-state index contributed by atoms with van der Waals surface area (Å²) in [7, 11) is 0. The van der Waals surface area contributed by atoms with Crippen LogP contribution in [0, 0.1) is 5.92 Å². The first kappa shape index (κ1) is 23.8. The number of amides is 2. The van der Waals surface area contributed by atoms with Gasteiger partial charge in [0, 0.05) is 37.5 Å². The maximum Gasteiger partial charge on any atom is 0.407 e. The van der Waals surface area contributed by atoms with Gasteiger partial charge < -0.3 is 24.8 Å². The SMILES string of the molecule is CCN(CC(=O)O)C(=O)CC1COCCC1NC(=O)OCC1c2ccccc2-c2ccccc21. The number of ether oxygens (including phenoxy) is 2. The van der Waals surface area contributed by atoms with Gasteiger partial charge in [-0.3, -0.25) is 9.59 Å². The molecule has 4 rings (SSSR count). The van der Waals surface area contributed by atoms with Crippen LogP contribution in [0.2, 0.25) is 0 Å². The van der Waals surface area contributed by atoms with Crippen LogP contribution in [0.5, 0.6) is 0 Å². The second-order valence-electron chi connectivity index (χ2n) is 8.71. The fourth-order valence-electron chi connectivity index (χ4n) is 4.87. The van der Waals surface area contributed by atoms with E-state index in [9.17, 15) is 14.4 Å². The number of carboxylic acids is 1. The van der Waals surface area contributed by atoms with E-state index in [1.54, 1.807) is 6.92 Å². The van der Waals surface area contributed by atoms with E-state index in [0.717, 1.165) is 22.3 Å². The predicted octanol–water partition coefficient (Wildman–Crippen LogP) is 3.25. The van der Waals surface area contributed by atoms with Crippen LogP contribution in [0.4, 0.5) is 4.79 Å². The number of hydrogen-bond donors (Lipinski definition) is 2. The lowest BCUT2D eigenvalue weighted by Gasteiger charge is -2.32. The van der Waals surface area contributed by atoms with Crippen molar-refractivity contribution in [3.05, 3.63) is 59.7 Å². The van der Waals surface area contributed by atoms with Gasteiger partial charge in [-0.15, -0.1) is 0 Å². The summed E-state index contributed by atoms with van der Waals surface area (Å²) in [5.74, 6) is -1.59. The Bertz CT molecular complexity index is 1010. The van der Waals surface area contributed by atoms with Crippen molar-refractivity contribution in [1.29, 1.82) is 0 Å². The predicted molar refractivity (Wildman–Crippen MR) is 125 cm³/mol. The molecule has 34 heavy (non-hydrogen) atoms. The number of aliphatic carboxylic acids is 1. The molecule has 2 amide bonds. The highest BCUT2D eigenvalue weighted by Gasteiger charge is 2.32. The van der Waals surface area contributed by atoms with Crippen molar-refractivity contribution in [2.75, 3.05) is 32.9 Å². The van der Waals surface area contributed by atoms with E-state index in [0.29, 0.717) is 26.2 Å². The summed E-state index contributed by atoms with van der Waals surface area (Å²) in [6.45, 7) is 2.73. The molecule has 0 aromatic heterocycles. The Hall–Kier alpha value is -3.39. The lowest BCUT2D eigenvalue weighted by atomic mass is 9.92. The summed E-state index contributed by atoms with van der Waals surface area (Å²) >= 11 is 0. The van der Waals surface area contributed by atoms with Crippen molar-refractivity contribution in [1.82, 2.24) is 10.2 Å². The Morgan fingerprint density at radius 1 is 1.09 bits per heavy atom. The summed E-state index contributed by atoms with van der Waals surface area (Å²) in [5.41, 5.74) is 4.61.